The molecule has 3 N–H and O–H groups in total. The highest BCUT2D eigenvalue weighted by atomic mass is 16.7. The van der Waals surface area contributed by atoms with Crippen LogP contribution in [-0.4, -0.2) is 0 Å². The molecule has 0 unspecified atom stereocenters. The van der Waals surface area contributed by atoms with Crippen LogP contribution in [0.2, 0.25) is 0 Å². The van der Waals surface area contributed by atoms with Crippen LogP contribution in [-0.2, 0) is 6.54 Å². The highest BCUT2D eigenvalue weighted by Crippen LogP contribution is 2.23. The number of nitrogen functional groups attached to an aromatic ring is 1. The summed E-state index contributed by atoms with van der Waals surface area (Å²) in [5.74, 6) is 0.884. The molecule has 1 aliphatic heterocycles. The number of benzene rings is 1. The molecule has 0 atom stereocenters. The van der Waals surface area contributed by atoms with Gasteiger partial charge in [-0.3, -0.25) is 0 Å². The summed E-state index contributed by atoms with van der Waals surface area (Å²) in [6.07, 6.45) is 0. The van der Waals surface area contributed by atoms with Crippen LogP contribution in [0.1, 0.15) is 5.56 Å². The molecule has 0 spiro atoms. The van der Waals surface area contributed by atoms with Crippen LogP contribution in [0, 0.1) is 0 Å². The zero-order valence-electron chi connectivity index (χ0n) is 5.42. The fraction of sp³-hybridized carbons (Fsp3) is 0.143. The van der Waals surface area contributed by atoms with Crippen LogP contribution in [0.4, 0.5) is 5.69 Å². The van der Waals surface area contributed by atoms with E-state index < -0.39 is 0 Å². The van der Waals surface area contributed by atoms with E-state index in [1.807, 2.05) is 18.2 Å². The summed E-state index contributed by atoms with van der Waals surface area (Å²) in [5.41, 5.74) is 10.2. The maximum absolute atomic E-state index is 5.55. The first-order chi connectivity index (χ1) is 4.86. The second-order valence-electron chi connectivity index (χ2n) is 2.29. The van der Waals surface area contributed by atoms with Crippen molar-refractivity contribution in [2.45, 2.75) is 6.54 Å². The lowest BCUT2D eigenvalue weighted by molar-refractivity contribution is 0.224. The van der Waals surface area contributed by atoms with Gasteiger partial charge in [0.05, 0.1) is 6.54 Å². The Morgan fingerprint density at radius 3 is 3.30 bits per heavy atom. The van der Waals surface area contributed by atoms with E-state index in [1.165, 1.54) is 0 Å². The van der Waals surface area contributed by atoms with Gasteiger partial charge < -0.3 is 10.6 Å². The van der Waals surface area contributed by atoms with Crippen molar-refractivity contribution >= 4 is 5.69 Å². The van der Waals surface area contributed by atoms with Crippen LogP contribution < -0.4 is 16.1 Å². The van der Waals surface area contributed by atoms with Gasteiger partial charge in [-0.05, 0) is 18.2 Å². The van der Waals surface area contributed by atoms with E-state index in [-0.39, 0.29) is 0 Å². The number of hydrogen-bond donors (Lipinski definition) is 2. The molecular weight excluding hydrogens is 128 g/mol. The molecule has 1 aromatic rings. The van der Waals surface area contributed by atoms with Crippen molar-refractivity contribution in [3.8, 4) is 5.75 Å². The van der Waals surface area contributed by atoms with E-state index in [9.17, 15) is 0 Å². The molecule has 0 bridgehead atoms. The first kappa shape index (κ1) is 5.56. The molecule has 0 saturated heterocycles. The van der Waals surface area contributed by atoms with E-state index in [1.54, 1.807) is 0 Å². The second kappa shape index (κ2) is 1.88. The lowest BCUT2D eigenvalue weighted by atomic mass is 10.2. The predicted octanol–water partition coefficient (Wildman–Crippen LogP) is 0.666. The summed E-state index contributed by atoms with van der Waals surface area (Å²) in [4.78, 5) is 5.05. The van der Waals surface area contributed by atoms with Gasteiger partial charge in [-0.25, -0.2) is 0 Å². The second-order valence-corrected chi connectivity index (χ2v) is 2.29. The highest BCUT2D eigenvalue weighted by Gasteiger charge is 2.10. The molecule has 0 radical (unpaired) electrons. The van der Waals surface area contributed by atoms with Crippen molar-refractivity contribution in [2.75, 3.05) is 5.73 Å². The van der Waals surface area contributed by atoms with Crippen molar-refractivity contribution in [1.29, 1.82) is 0 Å². The van der Waals surface area contributed by atoms with E-state index in [2.05, 4.69) is 5.48 Å². The van der Waals surface area contributed by atoms with Crippen molar-refractivity contribution in [3.05, 3.63) is 23.8 Å². The van der Waals surface area contributed by atoms with E-state index in [4.69, 9.17) is 10.6 Å². The molecule has 10 heavy (non-hydrogen) atoms. The van der Waals surface area contributed by atoms with E-state index in [0.29, 0.717) is 0 Å². The average molecular weight is 136 g/mol. The van der Waals surface area contributed by atoms with Gasteiger partial charge in [-0.1, -0.05) is 0 Å². The monoisotopic (exact) mass is 136 g/mol. The number of nitrogens with two attached hydrogens (primary N) is 1. The first-order valence-corrected chi connectivity index (χ1v) is 3.14. The van der Waals surface area contributed by atoms with Crippen molar-refractivity contribution in [3.63, 3.8) is 0 Å². The third-order valence-corrected chi connectivity index (χ3v) is 1.53. The average Bonchev–Trinajstić information content (AvgIpc) is 2.33. The third kappa shape index (κ3) is 0.717. The molecule has 0 amide bonds. The Morgan fingerprint density at radius 1 is 1.50 bits per heavy atom. The minimum atomic E-state index is 0.750. The van der Waals surface area contributed by atoms with Gasteiger partial charge in [0.1, 0.15) is 0 Å². The summed E-state index contributed by atoms with van der Waals surface area (Å²) >= 11 is 0. The number of rotatable bonds is 0. The molecule has 0 fully saturated rings. The number of anilines is 1. The predicted molar refractivity (Wildman–Crippen MR) is 38.3 cm³/mol. The Bertz CT molecular complexity index is 260. The molecule has 0 aliphatic carbocycles. The van der Waals surface area contributed by atoms with Crippen LogP contribution in [0.3, 0.4) is 0 Å². The zero-order valence-corrected chi connectivity index (χ0v) is 5.42. The van der Waals surface area contributed by atoms with Crippen LogP contribution in [0.5, 0.6) is 5.75 Å². The maximum atomic E-state index is 5.55. The van der Waals surface area contributed by atoms with Gasteiger partial charge in [-0.2, -0.15) is 5.48 Å². The minimum Gasteiger partial charge on any atom is -0.408 e. The largest absolute Gasteiger partial charge is 0.408 e. The number of nitrogens with one attached hydrogen (secondary N) is 1. The Morgan fingerprint density at radius 2 is 2.40 bits per heavy atom. The molecule has 3 nitrogen and oxygen atoms in total. The van der Waals surface area contributed by atoms with E-state index in [0.717, 1.165) is 23.5 Å². The van der Waals surface area contributed by atoms with Crippen LogP contribution in [0.15, 0.2) is 18.2 Å². The standard InChI is InChI=1S/C7H8N2O/c8-6-1-2-7-5(3-6)4-9-10-7/h1-3,9H,4,8H2. The van der Waals surface area contributed by atoms with Crippen molar-refractivity contribution < 1.29 is 4.84 Å². The smallest absolute Gasteiger partial charge is 0.151 e. The van der Waals surface area contributed by atoms with Crippen LogP contribution in [0.25, 0.3) is 0 Å². The summed E-state index contributed by atoms with van der Waals surface area (Å²) in [7, 11) is 0. The Kier molecular flexibility index (Phi) is 1.05. The van der Waals surface area contributed by atoms with Gasteiger partial charge in [0.2, 0.25) is 0 Å². The first-order valence-electron chi connectivity index (χ1n) is 3.14. The number of hydrogen-bond acceptors (Lipinski definition) is 3. The molecule has 0 aromatic heterocycles. The van der Waals surface area contributed by atoms with Gasteiger partial charge in [0.25, 0.3) is 0 Å². The van der Waals surface area contributed by atoms with Gasteiger partial charge in [-0.15, -0.1) is 0 Å². The Hall–Kier alpha value is -1.22. The molecule has 1 aromatic carbocycles. The zero-order chi connectivity index (χ0) is 6.97. The van der Waals surface area contributed by atoms with Gasteiger partial charge in [0, 0.05) is 11.3 Å². The SMILES string of the molecule is Nc1ccc2c(c1)CNO2. The summed E-state index contributed by atoms with van der Waals surface area (Å²) in [5, 5.41) is 0. The van der Waals surface area contributed by atoms with Crippen molar-refractivity contribution in [2.24, 2.45) is 0 Å². The summed E-state index contributed by atoms with van der Waals surface area (Å²) in [6.45, 7) is 0.750. The lowest BCUT2D eigenvalue weighted by Crippen LogP contribution is -2.07. The molecule has 3 heteroatoms. The molecule has 1 heterocycles. The fourth-order valence-corrected chi connectivity index (χ4v) is 1.03. The summed E-state index contributed by atoms with van der Waals surface area (Å²) in [6, 6.07) is 5.60. The highest BCUT2D eigenvalue weighted by molar-refractivity contribution is 5.48. The maximum Gasteiger partial charge on any atom is 0.151 e. The minimum absolute atomic E-state index is 0.750. The van der Waals surface area contributed by atoms with Crippen LogP contribution >= 0.6 is 0 Å². The topological polar surface area (TPSA) is 47.3 Å². The normalized spacial score (nSPS) is 14.4. The fourth-order valence-electron chi connectivity index (χ4n) is 1.03. The number of hydroxylamine groups is 1. The molecule has 1 aliphatic rings. The lowest BCUT2D eigenvalue weighted by Gasteiger charge is -1.95. The van der Waals surface area contributed by atoms with Crippen molar-refractivity contribution in [1.82, 2.24) is 5.48 Å². The third-order valence-electron chi connectivity index (χ3n) is 1.53. The molecule has 2 rings (SSSR count). The molecule has 0 saturated carbocycles. The number of fused-ring (bicyclic) bond motifs is 1. The van der Waals surface area contributed by atoms with Gasteiger partial charge >= 0.3 is 0 Å². The Balaban J connectivity index is 2.52. The van der Waals surface area contributed by atoms with Gasteiger partial charge in [0.15, 0.2) is 5.75 Å². The van der Waals surface area contributed by atoms with E-state index >= 15 is 0 Å². The molecular formula is C7H8N2O. The Labute approximate surface area is 58.7 Å². The molecule has 52 valence electrons. The summed E-state index contributed by atoms with van der Waals surface area (Å²) < 4.78 is 0. The quantitative estimate of drug-likeness (QED) is 0.515.